The predicted molar refractivity (Wildman–Crippen MR) is 105 cm³/mol. The van der Waals surface area contributed by atoms with Gasteiger partial charge in [0.15, 0.2) is 5.82 Å². The number of aryl methyl sites for hydroxylation is 1. The molecule has 28 heavy (non-hydrogen) atoms. The van der Waals surface area contributed by atoms with E-state index >= 15 is 0 Å². The van der Waals surface area contributed by atoms with Gasteiger partial charge in [0.25, 0.3) is 5.91 Å². The van der Waals surface area contributed by atoms with Gasteiger partial charge in [-0.3, -0.25) is 9.78 Å². The highest BCUT2D eigenvalue weighted by molar-refractivity contribution is 6.06. The molecule has 0 unspecified atom stereocenters. The van der Waals surface area contributed by atoms with Crippen molar-refractivity contribution in [2.45, 2.75) is 0 Å². The van der Waals surface area contributed by atoms with Crippen molar-refractivity contribution in [3.8, 4) is 22.9 Å². The Morgan fingerprint density at radius 1 is 1.00 bits per heavy atom. The molecule has 0 radical (unpaired) electrons. The third kappa shape index (κ3) is 3.73. The molecule has 7 heteroatoms. The summed E-state index contributed by atoms with van der Waals surface area (Å²) in [6.07, 6.45) is 4.93. The number of carbonyl (C=O) groups is 1. The molecule has 1 amide bonds. The molecule has 2 heterocycles. The number of carbonyl (C=O) groups excluding carboxylic acids is 1. The summed E-state index contributed by atoms with van der Waals surface area (Å²) < 4.78 is 7.50. The van der Waals surface area contributed by atoms with Crippen molar-refractivity contribution in [1.82, 2.24) is 19.7 Å². The molecule has 2 aromatic carbocycles. The minimum Gasteiger partial charge on any atom is -0.456 e. The van der Waals surface area contributed by atoms with Crippen LogP contribution in [0.1, 0.15) is 10.4 Å². The van der Waals surface area contributed by atoms with Crippen molar-refractivity contribution in [3.63, 3.8) is 0 Å². The second-order valence-electron chi connectivity index (χ2n) is 6.08. The first kappa shape index (κ1) is 17.4. The zero-order valence-electron chi connectivity index (χ0n) is 15.1. The molecule has 7 nitrogen and oxygen atoms in total. The number of anilines is 1. The number of para-hydroxylation sites is 1. The topological polar surface area (TPSA) is 81.9 Å². The molecule has 0 atom stereocenters. The van der Waals surface area contributed by atoms with Gasteiger partial charge < -0.3 is 14.6 Å². The molecule has 0 spiro atoms. The minimum absolute atomic E-state index is 0.220. The van der Waals surface area contributed by atoms with Gasteiger partial charge in [-0.15, -0.1) is 10.2 Å². The van der Waals surface area contributed by atoms with Gasteiger partial charge in [-0.1, -0.05) is 12.1 Å². The van der Waals surface area contributed by atoms with E-state index in [0.29, 0.717) is 28.6 Å². The van der Waals surface area contributed by atoms with Crippen LogP contribution in [0.25, 0.3) is 11.4 Å². The second-order valence-corrected chi connectivity index (χ2v) is 6.08. The van der Waals surface area contributed by atoms with Gasteiger partial charge in [-0.25, -0.2) is 0 Å². The van der Waals surface area contributed by atoms with Gasteiger partial charge in [-0.05, 0) is 48.5 Å². The molecule has 4 rings (SSSR count). The zero-order valence-corrected chi connectivity index (χ0v) is 15.1. The highest BCUT2D eigenvalue weighted by atomic mass is 16.5. The first-order valence-electron chi connectivity index (χ1n) is 8.63. The lowest BCUT2D eigenvalue weighted by Gasteiger charge is -2.11. The number of rotatable bonds is 5. The summed E-state index contributed by atoms with van der Waals surface area (Å²) in [5.74, 6) is 1.72. The molecular weight excluding hydrogens is 354 g/mol. The molecule has 0 fully saturated rings. The van der Waals surface area contributed by atoms with Crippen molar-refractivity contribution in [3.05, 3.63) is 84.9 Å². The van der Waals surface area contributed by atoms with Crippen LogP contribution in [0.15, 0.2) is 79.4 Å². The van der Waals surface area contributed by atoms with E-state index in [1.807, 2.05) is 37.4 Å². The van der Waals surface area contributed by atoms with Crippen LogP contribution in [-0.2, 0) is 7.05 Å². The Labute approximate surface area is 161 Å². The summed E-state index contributed by atoms with van der Waals surface area (Å²) in [4.78, 5) is 16.7. The number of amides is 1. The zero-order chi connectivity index (χ0) is 19.3. The number of ether oxygens (including phenoxy) is 1. The predicted octanol–water partition coefficient (Wildman–Crippen LogP) is 3.92. The van der Waals surface area contributed by atoms with E-state index in [9.17, 15) is 4.79 Å². The number of hydrogen-bond acceptors (Lipinski definition) is 5. The lowest BCUT2D eigenvalue weighted by molar-refractivity contribution is 0.102. The molecule has 138 valence electrons. The van der Waals surface area contributed by atoms with Crippen LogP contribution < -0.4 is 10.1 Å². The maximum Gasteiger partial charge on any atom is 0.255 e. The van der Waals surface area contributed by atoms with Crippen molar-refractivity contribution >= 4 is 11.6 Å². The van der Waals surface area contributed by atoms with Crippen LogP contribution in [0.2, 0.25) is 0 Å². The van der Waals surface area contributed by atoms with E-state index in [1.54, 1.807) is 53.6 Å². The van der Waals surface area contributed by atoms with Crippen molar-refractivity contribution in [2.75, 3.05) is 5.32 Å². The Morgan fingerprint density at radius 2 is 1.82 bits per heavy atom. The first-order chi connectivity index (χ1) is 13.7. The van der Waals surface area contributed by atoms with Gasteiger partial charge in [0, 0.05) is 24.4 Å². The summed E-state index contributed by atoms with van der Waals surface area (Å²) in [5.41, 5.74) is 1.98. The van der Waals surface area contributed by atoms with E-state index in [1.165, 1.54) is 0 Å². The summed E-state index contributed by atoms with van der Waals surface area (Å²) in [6, 6.07) is 18.0. The molecule has 0 saturated carbocycles. The van der Waals surface area contributed by atoms with Gasteiger partial charge in [0.1, 0.15) is 17.8 Å². The van der Waals surface area contributed by atoms with E-state index in [4.69, 9.17) is 4.74 Å². The third-order valence-corrected chi connectivity index (χ3v) is 4.11. The number of nitrogens with one attached hydrogen (secondary N) is 1. The fourth-order valence-corrected chi connectivity index (χ4v) is 2.73. The molecule has 0 aliphatic rings. The lowest BCUT2D eigenvalue weighted by Crippen LogP contribution is -2.13. The maximum atomic E-state index is 12.7. The van der Waals surface area contributed by atoms with Gasteiger partial charge >= 0.3 is 0 Å². The average molecular weight is 371 g/mol. The number of benzene rings is 2. The van der Waals surface area contributed by atoms with Crippen LogP contribution >= 0.6 is 0 Å². The highest BCUT2D eigenvalue weighted by Gasteiger charge is 2.13. The van der Waals surface area contributed by atoms with Gasteiger partial charge in [-0.2, -0.15) is 0 Å². The molecule has 1 N–H and O–H groups in total. The molecule has 0 aliphatic heterocycles. The summed E-state index contributed by atoms with van der Waals surface area (Å²) in [7, 11) is 1.86. The first-order valence-corrected chi connectivity index (χ1v) is 8.63. The molecule has 4 aromatic rings. The Bertz CT molecular complexity index is 1090. The van der Waals surface area contributed by atoms with Crippen molar-refractivity contribution in [2.24, 2.45) is 7.05 Å². The van der Waals surface area contributed by atoms with Crippen LogP contribution in [0, 0.1) is 0 Å². The molecule has 2 aromatic heterocycles. The van der Waals surface area contributed by atoms with Crippen LogP contribution in [0.4, 0.5) is 5.69 Å². The van der Waals surface area contributed by atoms with E-state index in [-0.39, 0.29) is 5.91 Å². The fraction of sp³-hybridized carbons (Fsp3) is 0.0476. The fourth-order valence-electron chi connectivity index (χ4n) is 2.73. The second kappa shape index (κ2) is 7.71. The standard InChI is InChI=1S/C21H17N5O2/c1-26-14-23-25-20(26)18-6-2-3-7-19(18)24-21(27)15-8-10-16(11-9-15)28-17-5-4-12-22-13-17/h2-14H,1H3,(H,24,27). The quantitative estimate of drug-likeness (QED) is 0.575. The van der Waals surface area contributed by atoms with E-state index in [2.05, 4.69) is 20.5 Å². The summed E-state index contributed by atoms with van der Waals surface area (Å²) >= 11 is 0. The smallest absolute Gasteiger partial charge is 0.255 e. The van der Waals surface area contributed by atoms with Crippen molar-refractivity contribution < 1.29 is 9.53 Å². The van der Waals surface area contributed by atoms with Gasteiger partial charge in [0.05, 0.1) is 11.9 Å². The molecular formula is C21H17N5O2. The Morgan fingerprint density at radius 3 is 2.54 bits per heavy atom. The van der Waals surface area contributed by atoms with Crippen molar-refractivity contribution in [1.29, 1.82) is 0 Å². The summed E-state index contributed by atoms with van der Waals surface area (Å²) in [6.45, 7) is 0. The minimum atomic E-state index is -0.220. The molecule has 0 bridgehead atoms. The summed E-state index contributed by atoms with van der Waals surface area (Å²) in [5, 5.41) is 11.0. The number of hydrogen-bond donors (Lipinski definition) is 1. The highest BCUT2D eigenvalue weighted by Crippen LogP contribution is 2.26. The third-order valence-electron chi connectivity index (χ3n) is 4.11. The SMILES string of the molecule is Cn1cnnc1-c1ccccc1NC(=O)c1ccc(Oc2cccnc2)cc1. The average Bonchev–Trinajstić information content (AvgIpc) is 3.15. The largest absolute Gasteiger partial charge is 0.456 e. The van der Waals surface area contributed by atoms with Gasteiger partial charge in [0.2, 0.25) is 0 Å². The Balaban J connectivity index is 1.51. The van der Waals surface area contributed by atoms with Crippen LogP contribution in [-0.4, -0.2) is 25.7 Å². The monoisotopic (exact) mass is 371 g/mol. The Kier molecular flexibility index (Phi) is 4.79. The molecule has 0 aliphatic carbocycles. The maximum absolute atomic E-state index is 12.7. The molecule has 0 saturated heterocycles. The van der Waals surface area contributed by atoms with E-state index < -0.39 is 0 Å². The van der Waals surface area contributed by atoms with E-state index in [0.717, 1.165) is 5.56 Å². The van der Waals surface area contributed by atoms with Crippen LogP contribution in [0.3, 0.4) is 0 Å². The normalized spacial score (nSPS) is 10.5. The lowest BCUT2D eigenvalue weighted by atomic mass is 10.1. The number of aromatic nitrogens is 4. The number of nitrogens with zero attached hydrogens (tertiary/aromatic N) is 4. The van der Waals surface area contributed by atoms with Crippen LogP contribution in [0.5, 0.6) is 11.5 Å². The Hall–Kier alpha value is -4.00. The number of pyridine rings is 1.